The molecule has 36 heavy (non-hydrogen) atoms. The van der Waals surface area contributed by atoms with Gasteiger partial charge < -0.3 is 4.79 Å². The summed E-state index contributed by atoms with van der Waals surface area (Å²) in [4.78, 5) is 28.9. The number of aromatic nitrogens is 3. The van der Waals surface area contributed by atoms with Crippen molar-refractivity contribution in [2.45, 2.75) is 38.3 Å². The van der Waals surface area contributed by atoms with Crippen molar-refractivity contribution in [1.82, 2.24) is 15.0 Å². The van der Waals surface area contributed by atoms with Crippen LogP contribution in [0.5, 0.6) is 0 Å². The van der Waals surface area contributed by atoms with E-state index in [0.29, 0.717) is 29.8 Å². The minimum atomic E-state index is -4.66. The van der Waals surface area contributed by atoms with Gasteiger partial charge in [-0.15, -0.1) is 0 Å². The monoisotopic (exact) mass is 492 g/mol. The van der Waals surface area contributed by atoms with E-state index in [2.05, 4.69) is 14.8 Å². The van der Waals surface area contributed by atoms with E-state index in [9.17, 15) is 22.4 Å². The Labute approximate surface area is 204 Å². The molecule has 2 heterocycles. The lowest BCUT2D eigenvalue weighted by atomic mass is 9.58. The SMILES string of the molecule is [C-]#[N+]C1=C[C@@]2(C)c3nc(-c4ccnc(C(F)(F)F)c4)nc(-c4ccccc4F)c3CC[C@@H]2[C@@H](C)C1=O. The molecule has 3 atom stereocenters. The van der Waals surface area contributed by atoms with Crippen LogP contribution in [-0.2, 0) is 22.8 Å². The maximum atomic E-state index is 14.9. The van der Waals surface area contributed by atoms with Crippen molar-refractivity contribution in [3.8, 4) is 22.6 Å². The Bertz CT molecular complexity index is 1470. The van der Waals surface area contributed by atoms with Gasteiger partial charge in [-0.25, -0.2) is 19.2 Å². The fourth-order valence-electron chi connectivity index (χ4n) is 5.47. The molecule has 3 aromatic rings. The number of allylic oxidation sites excluding steroid dienone is 2. The van der Waals surface area contributed by atoms with E-state index in [1.807, 2.05) is 6.92 Å². The zero-order valence-corrected chi connectivity index (χ0v) is 19.4. The quantitative estimate of drug-likeness (QED) is 0.316. The summed E-state index contributed by atoms with van der Waals surface area (Å²) in [7, 11) is 0. The van der Waals surface area contributed by atoms with E-state index in [1.54, 1.807) is 31.2 Å². The fraction of sp³-hybridized carbons (Fsp3) is 0.296. The Balaban J connectivity index is 1.82. The van der Waals surface area contributed by atoms with Crippen molar-refractivity contribution >= 4 is 5.78 Å². The molecule has 0 fully saturated rings. The van der Waals surface area contributed by atoms with Gasteiger partial charge >= 0.3 is 6.18 Å². The Morgan fingerprint density at radius 2 is 1.92 bits per heavy atom. The third-order valence-corrected chi connectivity index (χ3v) is 7.26. The van der Waals surface area contributed by atoms with Gasteiger partial charge in [0, 0.05) is 34.2 Å². The third-order valence-electron chi connectivity index (χ3n) is 7.26. The van der Waals surface area contributed by atoms with Gasteiger partial charge in [-0.1, -0.05) is 32.1 Å². The molecule has 2 aromatic heterocycles. The van der Waals surface area contributed by atoms with Crippen molar-refractivity contribution in [3.63, 3.8) is 0 Å². The molecule has 0 amide bonds. The molecule has 0 spiro atoms. The molecule has 2 aliphatic rings. The average molecular weight is 492 g/mol. The number of Topliss-reactive ketones (excluding diaryl/α,β-unsaturated/α-hetero) is 1. The number of hydrogen-bond donors (Lipinski definition) is 0. The van der Waals surface area contributed by atoms with Crippen molar-refractivity contribution in [3.05, 3.63) is 88.6 Å². The fourth-order valence-corrected chi connectivity index (χ4v) is 5.47. The lowest BCUT2D eigenvalue weighted by molar-refractivity contribution is -0.141. The first-order chi connectivity index (χ1) is 17.0. The lowest BCUT2D eigenvalue weighted by Gasteiger charge is -2.46. The highest BCUT2D eigenvalue weighted by Crippen LogP contribution is 2.51. The first-order valence-corrected chi connectivity index (χ1v) is 11.4. The second-order valence-corrected chi connectivity index (χ2v) is 9.35. The summed E-state index contributed by atoms with van der Waals surface area (Å²) in [5, 5.41) is 0. The number of benzene rings is 1. The molecule has 2 aliphatic carbocycles. The number of carbonyl (C=O) groups excluding carboxylic acids is 1. The van der Waals surface area contributed by atoms with Gasteiger partial charge in [0.05, 0.1) is 18.0 Å². The summed E-state index contributed by atoms with van der Waals surface area (Å²) < 4.78 is 55.1. The van der Waals surface area contributed by atoms with Crippen LogP contribution < -0.4 is 0 Å². The molecule has 0 aliphatic heterocycles. The summed E-state index contributed by atoms with van der Waals surface area (Å²) in [6.45, 7) is 11.2. The summed E-state index contributed by atoms with van der Waals surface area (Å²) >= 11 is 0. The summed E-state index contributed by atoms with van der Waals surface area (Å²) in [6.07, 6.45) is -0.965. The number of ketones is 1. The van der Waals surface area contributed by atoms with Gasteiger partial charge in [0.15, 0.2) is 11.6 Å². The zero-order chi connectivity index (χ0) is 25.8. The zero-order valence-electron chi connectivity index (χ0n) is 19.4. The van der Waals surface area contributed by atoms with Crippen LogP contribution in [-0.4, -0.2) is 20.7 Å². The van der Waals surface area contributed by atoms with Crippen LogP contribution in [0, 0.1) is 24.2 Å². The van der Waals surface area contributed by atoms with E-state index >= 15 is 0 Å². The lowest BCUT2D eigenvalue weighted by Crippen LogP contribution is -2.46. The topological polar surface area (TPSA) is 60.1 Å². The molecule has 5 nitrogen and oxygen atoms in total. The molecule has 0 bridgehead atoms. The number of nitrogens with zero attached hydrogens (tertiary/aromatic N) is 4. The van der Waals surface area contributed by atoms with Crippen molar-refractivity contribution in [1.29, 1.82) is 0 Å². The van der Waals surface area contributed by atoms with Gasteiger partial charge in [0.25, 0.3) is 0 Å². The van der Waals surface area contributed by atoms with E-state index in [1.165, 1.54) is 12.1 Å². The van der Waals surface area contributed by atoms with Crippen molar-refractivity contribution in [2.75, 3.05) is 0 Å². The normalized spacial score (nSPS) is 23.4. The number of hydrogen-bond acceptors (Lipinski definition) is 4. The van der Waals surface area contributed by atoms with Gasteiger partial charge in [0.2, 0.25) is 5.70 Å². The number of halogens is 4. The molecule has 0 saturated carbocycles. The number of alkyl halides is 3. The maximum absolute atomic E-state index is 14.9. The Hall–Kier alpha value is -3.93. The van der Waals surface area contributed by atoms with Crippen LogP contribution in [0.25, 0.3) is 27.5 Å². The van der Waals surface area contributed by atoms with Gasteiger partial charge in [-0.3, -0.25) is 4.98 Å². The standard InChI is InChI=1S/C27H20F4N4O/c1-14-18-9-8-17-22(16-6-4-5-7-19(16)28)34-25(15-10-11-33-21(12-15)27(29,30)31)35-24(17)26(18,2)13-20(32-3)23(14)36/h4-7,10-14,18H,8-9H2,1-2H3/t14-,18-,26-/m1/s1. The van der Waals surface area contributed by atoms with Crippen molar-refractivity contribution in [2.24, 2.45) is 11.8 Å². The maximum Gasteiger partial charge on any atom is 0.433 e. The van der Waals surface area contributed by atoms with Crippen LogP contribution >= 0.6 is 0 Å². The molecule has 0 N–H and O–H groups in total. The second-order valence-electron chi connectivity index (χ2n) is 9.35. The predicted molar refractivity (Wildman–Crippen MR) is 124 cm³/mol. The summed E-state index contributed by atoms with van der Waals surface area (Å²) in [5.74, 6) is -1.38. The van der Waals surface area contributed by atoms with E-state index in [0.717, 1.165) is 12.3 Å². The molecule has 182 valence electrons. The number of carbonyl (C=O) groups is 1. The van der Waals surface area contributed by atoms with Gasteiger partial charge in [0.1, 0.15) is 11.5 Å². The molecule has 9 heteroatoms. The Morgan fingerprint density at radius 3 is 2.61 bits per heavy atom. The van der Waals surface area contributed by atoms with E-state index in [-0.39, 0.29) is 34.3 Å². The highest BCUT2D eigenvalue weighted by atomic mass is 19.4. The van der Waals surface area contributed by atoms with Crippen LogP contribution in [0.15, 0.2) is 54.4 Å². The highest BCUT2D eigenvalue weighted by molar-refractivity contribution is 6.00. The first-order valence-electron chi connectivity index (χ1n) is 11.4. The number of rotatable bonds is 2. The third kappa shape index (κ3) is 3.68. The highest BCUT2D eigenvalue weighted by Gasteiger charge is 2.49. The minimum Gasteiger partial charge on any atom is -0.308 e. The Kier molecular flexibility index (Phi) is 5.51. The molecule has 5 rings (SSSR count). The first kappa shape index (κ1) is 23.8. The molecule has 0 unspecified atom stereocenters. The number of pyridine rings is 1. The number of fused-ring (bicyclic) bond motifs is 3. The Morgan fingerprint density at radius 1 is 1.17 bits per heavy atom. The molecule has 0 radical (unpaired) electrons. The second kappa shape index (κ2) is 8.33. The summed E-state index contributed by atoms with van der Waals surface area (Å²) in [6, 6.07) is 8.30. The van der Waals surface area contributed by atoms with Crippen LogP contribution in [0.4, 0.5) is 17.6 Å². The van der Waals surface area contributed by atoms with E-state index in [4.69, 9.17) is 11.6 Å². The van der Waals surface area contributed by atoms with Crippen LogP contribution in [0.1, 0.15) is 37.2 Å². The average Bonchev–Trinajstić information content (AvgIpc) is 2.86. The largest absolute Gasteiger partial charge is 0.433 e. The van der Waals surface area contributed by atoms with Crippen LogP contribution in [0.3, 0.4) is 0 Å². The molecule has 1 aromatic carbocycles. The van der Waals surface area contributed by atoms with Gasteiger partial charge in [-0.2, -0.15) is 13.2 Å². The molecule has 0 saturated heterocycles. The minimum absolute atomic E-state index is 0.00460. The van der Waals surface area contributed by atoms with Crippen LogP contribution in [0.2, 0.25) is 0 Å². The van der Waals surface area contributed by atoms with Gasteiger partial charge in [-0.05, 0) is 43.0 Å². The summed E-state index contributed by atoms with van der Waals surface area (Å²) in [5.41, 5.74) is -0.215. The van der Waals surface area contributed by atoms with Crippen molar-refractivity contribution < 1.29 is 22.4 Å². The predicted octanol–water partition coefficient (Wildman–Crippen LogP) is 6.21. The van der Waals surface area contributed by atoms with E-state index < -0.39 is 29.0 Å². The molecular formula is C27H20F4N4O. The molecular weight excluding hydrogens is 472 g/mol. The smallest absolute Gasteiger partial charge is 0.308 e.